The van der Waals surface area contributed by atoms with Crippen LogP contribution in [0.1, 0.15) is 38.7 Å². The van der Waals surface area contributed by atoms with Gasteiger partial charge >= 0.3 is 5.97 Å². The van der Waals surface area contributed by atoms with Gasteiger partial charge in [0.05, 0.1) is 11.5 Å². The van der Waals surface area contributed by atoms with Crippen LogP contribution in [0, 0.1) is 6.92 Å². The van der Waals surface area contributed by atoms with Gasteiger partial charge in [-0.15, -0.1) is 0 Å². The molecule has 0 aliphatic rings. The summed E-state index contributed by atoms with van der Waals surface area (Å²) in [6.45, 7) is 5.73. The van der Waals surface area contributed by atoms with Crippen molar-refractivity contribution in [2.45, 2.75) is 51.0 Å². The van der Waals surface area contributed by atoms with Crippen molar-refractivity contribution in [3.05, 3.63) is 29.8 Å². The first kappa shape index (κ1) is 17.7. The second-order valence-corrected chi connectivity index (χ2v) is 6.60. The molecule has 118 valence electrons. The summed E-state index contributed by atoms with van der Waals surface area (Å²) in [6.07, 6.45) is 2.06. The lowest BCUT2D eigenvalue weighted by Crippen LogP contribution is -2.41. The van der Waals surface area contributed by atoms with Crippen LogP contribution in [-0.2, 0) is 19.6 Å². The molecule has 21 heavy (non-hydrogen) atoms. The van der Waals surface area contributed by atoms with Crippen molar-refractivity contribution < 1.29 is 17.9 Å². The number of esters is 1. The number of benzene rings is 1. The van der Waals surface area contributed by atoms with Crippen LogP contribution in [0.2, 0.25) is 0 Å². The standard InChI is InChI=1S/C15H23NO4S/c1-4-6-10-14(15(17)20-5-2)16-21(18,19)13-9-7-8-12(3)11-13/h7-9,11,14,16H,4-6,10H2,1-3H3. The number of sulfonamides is 1. The Morgan fingerprint density at radius 1 is 1.33 bits per heavy atom. The molecule has 0 aliphatic heterocycles. The van der Waals surface area contributed by atoms with Crippen LogP contribution in [-0.4, -0.2) is 27.0 Å². The molecule has 1 aromatic carbocycles. The summed E-state index contributed by atoms with van der Waals surface area (Å²) in [5.41, 5.74) is 0.846. The summed E-state index contributed by atoms with van der Waals surface area (Å²) >= 11 is 0. The molecule has 0 heterocycles. The first-order valence-electron chi connectivity index (χ1n) is 7.16. The minimum atomic E-state index is -3.73. The molecule has 6 heteroatoms. The number of nitrogens with one attached hydrogen (secondary N) is 1. The largest absolute Gasteiger partial charge is 0.465 e. The van der Waals surface area contributed by atoms with Gasteiger partial charge in [-0.1, -0.05) is 31.9 Å². The summed E-state index contributed by atoms with van der Waals surface area (Å²) in [4.78, 5) is 12.0. The molecule has 1 atom stereocenters. The Hall–Kier alpha value is -1.40. The molecule has 5 nitrogen and oxygen atoms in total. The fraction of sp³-hybridized carbons (Fsp3) is 0.533. The Kier molecular flexibility index (Phi) is 6.84. The summed E-state index contributed by atoms with van der Waals surface area (Å²) < 4.78 is 32.1. The third-order valence-electron chi connectivity index (χ3n) is 3.01. The molecular weight excluding hydrogens is 290 g/mol. The van der Waals surface area contributed by atoms with Crippen molar-refractivity contribution in [2.24, 2.45) is 0 Å². The molecule has 0 amide bonds. The van der Waals surface area contributed by atoms with Gasteiger partial charge in [-0.05, 0) is 38.0 Å². The molecular formula is C15H23NO4S. The van der Waals surface area contributed by atoms with E-state index >= 15 is 0 Å². The Balaban J connectivity index is 2.92. The lowest BCUT2D eigenvalue weighted by atomic mass is 10.1. The highest BCUT2D eigenvalue weighted by Gasteiger charge is 2.26. The first-order chi connectivity index (χ1) is 9.90. The molecule has 0 saturated carbocycles. The number of aryl methyl sites for hydroxylation is 1. The Labute approximate surface area is 126 Å². The minimum Gasteiger partial charge on any atom is -0.465 e. The molecule has 1 unspecified atom stereocenters. The monoisotopic (exact) mass is 313 g/mol. The smallest absolute Gasteiger partial charge is 0.324 e. The molecule has 0 aromatic heterocycles. The van der Waals surface area contributed by atoms with Crippen molar-refractivity contribution in [1.82, 2.24) is 4.72 Å². The molecule has 1 aromatic rings. The van der Waals surface area contributed by atoms with Gasteiger partial charge in [0.1, 0.15) is 6.04 Å². The van der Waals surface area contributed by atoms with E-state index in [-0.39, 0.29) is 11.5 Å². The molecule has 0 saturated heterocycles. The zero-order valence-corrected chi connectivity index (χ0v) is 13.6. The van der Waals surface area contributed by atoms with Crippen LogP contribution < -0.4 is 4.72 Å². The number of rotatable bonds is 8. The van der Waals surface area contributed by atoms with Gasteiger partial charge in [0.2, 0.25) is 10.0 Å². The van der Waals surface area contributed by atoms with E-state index in [2.05, 4.69) is 4.72 Å². The van der Waals surface area contributed by atoms with E-state index in [9.17, 15) is 13.2 Å². The summed E-state index contributed by atoms with van der Waals surface area (Å²) in [6, 6.07) is 5.74. The fourth-order valence-electron chi connectivity index (χ4n) is 1.91. The van der Waals surface area contributed by atoms with Crippen molar-refractivity contribution in [3.63, 3.8) is 0 Å². The zero-order valence-electron chi connectivity index (χ0n) is 12.8. The predicted octanol–water partition coefficient (Wildman–Crippen LogP) is 2.40. The van der Waals surface area contributed by atoms with Gasteiger partial charge in [-0.3, -0.25) is 4.79 Å². The van der Waals surface area contributed by atoms with Gasteiger partial charge in [0.25, 0.3) is 0 Å². The van der Waals surface area contributed by atoms with E-state index in [0.29, 0.717) is 6.42 Å². The molecule has 0 fully saturated rings. The summed E-state index contributed by atoms with van der Waals surface area (Å²) in [5.74, 6) is -0.526. The van der Waals surface area contributed by atoms with Crippen LogP contribution in [0.15, 0.2) is 29.2 Å². The van der Waals surface area contributed by atoms with E-state index in [1.165, 1.54) is 6.07 Å². The summed E-state index contributed by atoms with van der Waals surface area (Å²) in [5, 5.41) is 0. The zero-order chi connectivity index (χ0) is 15.9. The number of unbranched alkanes of at least 4 members (excludes halogenated alkanes) is 1. The van der Waals surface area contributed by atoms with Crippen LogP contribution in [0.5, 0.6) is 0 Å². The minimum absolute atomic E-state index is 0.160. The van der Waals surface area contributed by atoms with E-state index in [0.717, 1.165) is 18.4 Å². The van der Waals surface area contributed by atoms with E-state index in [1.807, 2.05) is 19.9 Å². The van der Waals surface area contributed by atoms with Crippen LogP contribution in [0.3, 0.4) is 0 Å². The molecule has 1 N–H and O–H groups in total. The number of carbonyl (C=O) groups excluding carboxylic acids is 1. The average Bonchev–Trinajstić information content (AvgIpc) is 2.43. The lowest BCUT2D eigenvalue weighted by molar-refractivity contribution is -0.145. The van der Waals surface area contributed by atoms with Crippen LogP contribution in [0.4, 0.5) is 0 Å². The Morgan fingerprint density at radius 2 is 2.05 bits per heavy atom. The molecule has 0 spiro atoms. The molecule has 0 aliphatic carbocycles. The highest BCUT2D eigenvalue weighted by molar-refractivity contribution is 7.89. The van der Waals surface area contributed by atoms with Crippen molar-refractivity contribution in [3.8, 4) is 0 Å². The van der Waals surface area contributed by atoms with Gasteiger partial charge < -0.3 is 4.74 Å². The normalized spacial score (nSPS) is 12.9. The number of hydrogen-bond acceptors (Lipinski definition) is 4. The number of carbonyl (C=O) groups is 1. The van der Waals surface area contributed by atoms with E-state index < -0.39 is 22.0 Å². The Morgan fingerprint density at radius 3 is 2.62 bits per heavy atom. The van der Waals surface area contributed by atoms with Crippen molar-refractivity contribution >= 4 is 16.0 Å². The predicted molar refractivity (Wildman–Crippen MR) is 81.4 cm³/mol. The second-order valence-electron chi connectivity index (χ2n) is 4.88. The van der Waals surface area contributed by atoms with E-state index in [1.54, 1.807) is 19.1 Å². The summed E-state index contributed by atoms with van der Waals surface area (Å²) in [7, 11) is -3.73. The van der Waals surface area contributed by atoms with Gasteiger partial charge in [-0.2, -0.15) is 4.72 Å². The molecule has 1 rings (SSSR count). The highest BCUT2D eigenvalue weighted by atomic mass is 32.2. The van der Waals surface area contributed by atoms with Gasteiger partial charge in [-0.25, -0.2) is 8.42 Å². The Bertz CT molecular complexity index is 569. The topological polar surface area (TPSA) is 72.5 Å². The maximum atomic E-state index is 12.3. The van der Waals surface area contributed by atoms with Crippen LogP contribution >= 0.6 is 0 Å². The third kappa shape index (κ3) is 5.47. The average molecular weight is 313 g/mol. The quantitative estimate of drug-likeness (QED) is 0.748. The van der Waals surface area contributed by atoms with Gasteiger partial charge in [0, 0.05) is 0 Å². The van der Waals surface area contributed by atoms with Crippen molar-refractivity contribution in [1.29, 1.82) is 0 Å². The first-order valence-corrected chi connectivity index (χ1v) is 8.64. The van der Waals surface area contributed by atoms with Crippen molar-refractivity contribution in [2.75, 3.05) is 6.61 Å². The maximum absolute atomic E-state index is 12.3. The van der Waals surface area contributed by atoms with E-state index in [4.69, 9.17) is 4.74 Å². The number of hydrogen-bond donors (Lipinski definition) is 1. The molecule has 0 bridgehead atoms. The third-order valence-corrected chi connectivity index (χ3v) is 4.48. The SMILES string of the molecule is CCCCC(NS(=O)(=O)c1cccc(C)c1)C(=O)OCC. The second kappa shape index (κ2) is 8.14. The van der Waals surface area contributed by atoms with Crippen LogP contribution in [0.25, 0.3) is 0 Å². The highest BCUT2D eigenvalue weighted by Crippen LogP contribution is 2.13. The molecule has 0 radical (unpaired) electrons. The fourth-order valence-corrected chi connectivity index (χ4v) is 3.24. The number of ether oxygens (including phenoxy) is 1. The van der Waals surface area contributed by atoms with Gasteiger partial charge in [0.15, 0.2) is 0 Å². The maximum Gasteiger partial charge on any atom is 0.324 e. The lowest BCUT2D eigenvalue weighted by Gasteiger charge is -2.17.